The number of hydrazone groups is 1. The minimum Gasteiger partial charge on any atom is -0.459 e. The lowest BCUT2D eigenvalue weighted by Crippen LogP contribution is -2.32. The molecule has 6 heteroatoms. The molecule has 1 heterocycles. The summed E-state index contributed by atoms with van der Waals surface area (Å²) in [6, 6.07) is 9.69. The van der Waals surface area contributed by atoms with Gasteiger partial charge in [0.25, 0.3) is 0 Å². The van der Waals surface area contributed by atoms with Gasteiger partial charge in [0.05, 0.1) is 0 Å². The molecule has 2 rings (SSSR count). The summed E-state index contributed by atoms with van der Waals surface area (Å²) in [7, 11) is 1.89. The average Bonchev–Trinajstić information content (AvgIpc) is 2.83. The van der Waals surface area contributed by atoms with E-state index in [1.807, 2.05) is 37.4 Å². The van der Waals surface area contributed by atoms with Crippen LogP contribution in [0.4, 0.5) is 0 Å². The summed E-state index contributed by atoms with van der Waals surface area (Å²) in [6.07, 6.45) is 1.94. The monoisotopic (exact) mass is 261 g/mol. The first kappa shape index (κ1) is 13.4. The molecule has 0 radical (unpaired) electrons. The molecular formula is C13H19N5O. The standard InChI is InChI=1S/C13H19N5O/c1-16-7-6-11(18(15)17-9-14)13-8-10-4-2-3-5-12(10)19-13/h2-5,8-9,11,16H,6-7,15H2,1H3,(H2,14,17). The van der Waals surface area contributed by atoms with Gasteiger partial charge < -0.3 is 15.5 Å². The third-order valence-corrected chi connectivity index (χ3v) is 2.96. The highest BCUT2D eigenvalue weighted by molar-refractivity contribution is 5.77. The van der Waals surface area contributed by atoms with Crippen molar-refractivity contribution >= 4 is 17.3 Å². The summed E-state index contributed by atoms with van der Waals surface area (Å²) in [5.74, 6) is 6.67. The second-order valence-electron chi connectivity index (χ2n) is 4.24. The SMILES string of the molecule is CNCCC(c1cc2ccccc2o1)N(N)/N=C\N. The quantitative estimate of drug-likeness (QED) is 0.314. The first-order valence-electron chi connectivity index (χ1n) is 6.17. The van der Waals surface area contributed by atoms with Crippen LogP contribution in [0.15, 0.2) is 39.9 Å². The molecule has 0 aliphatic heterocycles. The molecule has 0 aliphatic carbocycles. The summed E-state index contributed by atoms with van der Waals surface area (Å²) in [5.41, 5.74) is 6.13. The minimum absolute atomic E-state index is 0.153. The maximum atomic E-state index is 5.89. The summed E-state index contributed by atoms with van der Waals surface area (Å²) in [6.45, 7) is 0.801. The van der Waals surface area contributed by atoms with Crippen molar-refractivity contribution in [2.45, 2.75) is 12.5 Å². The number of hydrogen-bond acceptors (Lipinski definition) is 5. The Morgan fingerprint density at radius 1 is 1.47 bits per heavy atom. The van der Waals surface area contributed by atoms with E-state index >= 15 is 0 Å². The molecule has 1 atom stereocenters. The van der Waals surface area contributed by atoms with Crippen molar-refractivity contribution < 1.29 is 4.42 Å². The maximum Gasteiger partial charge on any atom is 0.134 e. The first-order chi connectivity index (χ1) is 9.26. The van der Waals surface area contributed by atoms with E-state index in [1.165, 1.54) is 11.5 Å². The van der Waals surface area contributed by atoms with E-state index in [0.717, 1.165) is 29.7 Å². The van der Waals surface area contributed by atoms with Gasteiger partial charge in [-0.25, -0.2) is 11.0 Å². The predicted molar refractivity (Wildman–Crippen MR) is 76.2 cm³/mol. The van der Waals surface area contributed by atoms with Crippen molar-refractivity contribution in [3.63, 3.8) is 0 Å². The molecule has 0 aliphatic rings. The Kier molecular flexibility index (Phi) is 4.38. The first-order valence-corrected chi connectivity index (χ1v) is 6.17. The van der Waals surface area contributed by atoms with E-state index in [9.17, 15) is 0 Å². The van der Waals surface area contributed by atoms with Crippen LogP contribution in [-0.2, 0) is 0 Å². The lowest BCUT2D eigenvalue weighted by atomic mass is 10.1. The van der Waals surface area contributed by atoms with Crippen molar-refractivity contribution in [3.05, 3.63) is 36.1 Å². The fourth-order valence-corrected chi connectivity index (χ4v) is 2.01. The molecule has 102 valence electrons. The molecule has 1 aromatic carbocycles. The van der Waals surface area contributed by atoms with Crippen LogP contribution in [0.2, 0.25) is 0 Å². The van der Waals surface area contributed by atoms with E-state index in [-0.39, 0.29) is 6.04 Å². The number of nitrogens with two attached hydrogens (primary N) is 2. The number of nitrogens with zero attached hydrogens (tertiary/aromatic N) is 2. The molecule has 19 heavy (non-hydrogen) atoms. The molecular weight excluding hydrogens is 242 g/mol. The van der Waals surface area contributed by atoms with Crippen molar-refractivity contribution in [1.29, 1.82) is 0 Å². The van der Waals surface area contributed by atoms with Crippen LogP contribution in [0.3, 0.4) is 0 Å². The Labute approximate surface area is 112 Å². The Morgan fingerprint density at radius 2 is 2.26 bits per heavy atom. The summed E-state index contributed by atoms with van der Waals surface area (Å²) >= 11 is 0. The molecule has 1 unspecified atom stereocenters. The predicted octanol–water partition coefficient (Wildman–Crippen LogP) is 1.16. The molecule has 1 aromatic heterocycles. The van der Waals surface area contributed by atoms with Crippen molar-refractivity contribution in [1.82, 2.24) is 10.4 Å². The Hall–Kier alpha value is -2.05. The lowest BCUT2D eigenvalue weighted by Gasteiger charge is -2.22. The van der Waals surface area contributed by atoms with Crippen LogP contribution in [-0.4, -0.2) is 25.0 Å². The fourth-order valence-electron chi connectivity index (χ4n) is 2.01. The maximum absolute atomic E-state index is 5.89. The minimum atomic E-state index is -0.153. The highest BCUT2D eigenvalue weighted by atomic mass is 16.3. The molecule has 5 N–H and O–H groups in total. The average molecular weight is 261 g/mol. The molecule has 6 nitrogen and oxygen atoms in total. The second-order valence-corrected chi connectivity index (χ2v) is 4.24. The van der Waals surface area contributed by atoms with Crippen molar-refractivity contribution in [3.8, 4) is 0 Å². The van der Waals surface area contributed by atoms with Gasteiger partial charge in [-0.15, -0.1) is 0 Å². The summed E-state index contributed by atoms with van der Waals surface area (Å²) < 4.78 is 5.83. The molecule has 0 saturated heterocycles. The van der Waals surface area contributed by atoms with E-state index in [4.69, 9.17) is 16.0 Å². The lowest BCUT2D eigenvalue weighted by molar-refractivity contribution is 0.179. The topological polar surface area (TPSA) is 92.8 Å². The molecule has 0 fully saturated rings. The van der Waals surface area contributed by atoms with Gasteiger partial charge in [0, 0.05) is 5.39 Å². The number of para-hydroxylation sites is 1. The highest BCUT2D eigenvalue weighted by Gasteiger charge is 2.20. The van der Waals surface area contributed by atoms with Crippen molar-refractivity contribution in [2.75, 3.05) is 13.6 Å². The van der Waals surface area contributed by atoms with Crippen LogP contribution in [0, 0.1) is 0 Å². The smallest absolute Gasteiger partial charge is 0.134 e. The van der Waals surface area contributed by atoms with E-state index in [0.29, 0.717) is 0 Å². The second kappa shape index (κ2) is 6.21. The van der Waals surface area contributed by atoms with Gasteiger partial charge in [-0.05, 0) is 32.1 Å². The third kappa shape index (κ3) is 3.04. The number of fused-ring (bicyclic) bond motifs is 1. The van der Waals surface area contributed by atoms with E-state index in [2.05, 4.69) is 10.4 Å². The fraction of sp³-hybridized carbons (Fsp3) is 0.308. The largest absolute Gasteiger partial charge is 0.459 e. The zero-order valence-electron chi connectivity index (χ0n) is 10.9. The van der Waals surface area contributed by atoms with Crippen LogP contribution in [0.25, 0.3) is 11.0 Å². The van der Waals surface area contributed by atoms with E-state index < -0.39 is 0 Å². The van der Waals surface area contributed by atoms with Gasteiger partial charge in [-0.2, -0.15) is 5.10 Å². The number of hydrogen-bond donors (Lipinski definition) is 3. The van der Waals surface area contributed by atoms with Crippen LogP contribution < -0.4 is 16.9 Å². The summed E-state index contributed by atoms with van der Waals surface area (Å²) in [4.78, 5) is 0. The van der Waals surface area contributed by atoms with Crippen LogP contribution in [0.1, 0.15) is 18.2 Å². The molecule has 0 spiro atoms. The van der Waals surface area contributed by atoms with E-state index in [1.54, 1.807) is 0 Å². The van der Waals surface area contributed by atoms with Gasteiger partial charge in [0.15, 0.2) is 0 Å². The van der Waals surface area contributed by atoms with Crippen molar-refractivity contribution in [2.24, 2.45) is 16.7 Å². The Bertz CT molecular complexity index is 518. The number of rotatable bonds is 6. The van der Waals surface area contributed by atoms with Crippen LogP contribution >= 0.6 is 0 Å². The number of hydrazine groups is 1. The Balaban J connectivity index is 2.30. The number of nitrogens with one attached hydrogen (secondary N) is 1. The molecule has 0 bridgehead atoms. The zero-order valence-corrected chi connectivity index (χ0v) is 10.9. The molecule has 0 saturated carbocycles. The third-order valence-electron chi connectivity index (χ3n) is 2.96. The van der Waals surface area contributed by atoms with Gasteiger partial charge in [0.2, 0.25) is 0 Å². The van der Waals surface area contributed by atoms with Crippen LogP contribution in [0.5, 0.6) is 0 Å². The van der Waals surface area contributed by atoms with Gasteiger partial charge in [0.1, 0.15) is 23.7 Å². The number of benzene rings is 1. The molecule has 2 aromatic rings. The van der Waals surface area contributed by atoms with Gasteiger partial charge in [-0.3, -0.25) is 0 Å². The number of furan rings is 1. The van der Waals surface area contributed by atoms with Gasteiger partial charge >= 0.3 is 0 Å². The normalized spacial score (nSPS) is 13.2. The Morgan fingerprint density at radius 3 is 2.95 bits per heavy atom. The molecule has 0 amide bonds. The zero-order chi connectivity index (χ0) is 13.7. The summed E-state index contributed by atoms with van der Waals surface area (Å²) in [5, 5.41) is 9.37. The highest BCUT2D eigenvalue weighted by Crippen LogP contribution is 2.28. The van der Waals surface area contributed by atoms with Gasteiger partial charge in [-0.1, -0.05) is 18.2 Å².